The molecular formula is C13H15FN2OS. The minimum absolute atomic E-state index is 0.0825. The largest absolute Gasteiger partial charge is 0.310 e. The Hall–Kier alpha value is -1.25. The van der Waals surface area contributed by atoms with Gasteiger partial charge in [-0.1, -0.05) is 12.1 Å². The highest BCUT2D eigenvalue weighted by Gasteiger charge is 2.17. The lowest BCUT2D eigenvalue weighted by Gasteiger charge is -2.22. The van der Waals surface area contributed by atoms with Crippen LogP contribution in [0.3, 0.4) is 0 Å². The van der Waals surface area contributed by atoms with Crippen LogP contribution in [-0.2, 0) is 17.3 Å². The SMILES string of the molecule is N#Cc1cccc(CNC2CCS(=O)CC2)c1F. The van der Waals surface area contributed by atoms with Crippen molar-refractivity contribution in [3.8, 4) is 6.07 Å². The highest BCUT2D eigenvalue weighted by molar-refractivity contribution is 7.85. The van der Waals surface area contributed by atoms with Crippen molar-refractivity contribution in [1.82, 2.24) is 5.32 Å². The first-order valence-corrected chi connectivity index (χ1v) is 7.45. The number of nitriles is 1. The van der Waals surface area contributed by atoms with Gasteiger partial charge in [0.1, 0.15) is 11.9 Å². The van der Waals surface area contributed by atoms with Gasteiger partial charge in [0, 0.05) is 40.5 Å². The maximum atomic E-state index is 13.8. The average Bonchev–Trinajstić information content (AvgIpc) is 2.39. The Morgan fingerprint density at radius 3 is 2.83 bits per heavy atom. The van der Waals surface area contributed by atoms with E-state index in [9.17, 15) is 8.60 Å². The lowest BCUT2D eigenvalue weighted by atomic mass is 10.1. The number of halogens is 1. The second-order valence-corrected chi connectivity index (χ2v) is 6.09. The van der Waals surface area contributed by atoms with Gasteiger partial charge in [0.25, 0.3) is 0 Å². The second kappa shape index (κ2) is 6.07. The fourth-order valence-corrected chi connectivity index (χ4v) is 3.35. The van der Waals surface area contributed by atoms with E-state index in [0.29, 0.717) is 18.2 Å². The van der Waals surface area contributed by atoms with E-state index in [0.717, 1.165) is 24.3 Å². The van der Waals surface area contributed by atoms with Crippen LogP contribution in [0, 0.1) is 17.1 Å². The van der Waals surface area contributed by atoms with E-state index < -0.39 is 16.6 Å². The monoisotopic (exact) mass is 266 g/mol. The van der Waals surface area contributed by atoms with Crippen molar-refractivity contribution < 1.29 is 8.60 Å². The highest BCUT2D eigenvalue weighted by atomic mass is 32.2. The Labute approximate surface area is 108 Å². The van der Waals surface area contributed by atoms with Gasteiger partial charge < -0.3 is 5.32 Å². The zero-order chi connectivity index (χ0) is 13.0. The molecule has 0 unspecified atom stereocenters. The molecule has 2 rings (SSSR count). The first-order chi connectivity index (χ1) is 8.70. The summed E-state index contributed by atoms with van der Waals surface area (Å²) in [6.07, 6.45) is 1.73. The van der Waals surface area contributed by atoms with Crippen LogP contribution in [0.4, 0.5) is 4.39 Å². The van der Waals surface area contributed by atoms with E-state index in [1.807, 2.05) is 6.07 Å². The molecule has 0 amide bonds. The summed E-state index contributed by atoms with van der Waals surface area (Å²) in [4.78, 5) is 0. The van der Waals surface area contributed by atoms with Gasteiger partial charge in [0.05, 0.1) is 5.56 Å². The summed E-state index contributed by atoms with van der Waals surface area (Å²) in [5.74, 6) is 1.00. The van der Waals surface area contributed by atoms with Crippen LogP contribution in [-0.4, -0.2) is 21.8 Å². The molecule has 1 fully saturated rings. The molecule has 0 spiro atoms. The molecule has 0 atom stereocenters. The molecule has 0 bridgehead atoms. The fraction of sp³-hybridized carbons (Fsp3) is 0.462. The van der Waals surface area contributed by atoms with Gasteiger partial charge in [-0.3, -0.25) is 4.21 Å². The Bertz CT molecular complexity index is 488. The molecule has 1 saturated heterocycles. The van der Waals surface area contributed by atoms with E-state index in [1.54, 1.807) is 12.1 Å². The Balaban J connectivity index is 1.94. The van der Waals surface area contributed by atoms with Crippen LogP contribution in [0.1, 0.15) is 24.0 Å². The normalized spacial score (nSPS) is 23.6. The van der Waals surface area contributed by atoms with Crippen molar-refractivity contribution in [2.24, 2.45) is 0 Å². The first-order valence-electron chi connectivity index (χ1n) is 5.96. The van der Waals surface area contributed by atoms with Gasteiger partial charge in [0.15, 0.2) is 0 Å². The zero-order valence-corrected chi connectivity index (χ0v) is 10.8. The molecule has 1 aromatic carbocycles. The average molecular weight is 266 g/mol. The molecule has 0 aliphatic carbocycles. The van der Waals surface area contributed by atoms with Gasteiger partial charge in [0.2, 0.25) is 0 Å². The minimum Gasteiger partial charge on any atom is -0.310 e. The summed E-state index contributed by atoms with van der Waals surface area (Å²) in [7, 11) is -0.676. The fourth-order valence-electron chi connectivity index (χ4n) is 2.05. The topological polar surface area (TPSA) is 52.9 Å². The van der Waals surface area contributed by atoms with Gasteiger partial charge in [-0.25, -0.2) is 4.39 Å². The molecule has 5 heteroatoms. The maximum absolute atomic E-state index is 13.8. The molecule has 1 N–H and O–H groups in total. The van der Waals surface area contributed by atoms with Crippen LogP contribution in [0.5, 0.6) is 0 Å². The number of nitrogens with zero attached hydrogens (tertiary/aromatic N) is 1. The van der Waals surface area contributed by atoms with Crippen LogP contribution in [0.2, 0.25) is 0 Å². The molecule has 0 aromatic heterocycles. The smallest absolute Gasteiger partial charge is 0.145 e. The number of nitrogens with one attached hydrogen (secondary N) is 1. The molecule has 1 aliphatic heterocycles. The lowest BCUT2D eigenvalue weighted by molar-refractivity contribution is 0.467. The molecule has 0 saturated carbocycles. The van der Waals surface area contributed by atoms with Gasteiger partial charge in [-0.2, -0.15) is 5.26 Å². The number of hydrogen-bond donors (Lipinski definition) is 1. The second-order valence-electron chi connectivity index (χ2n) is 4.39. The minimum atomic E-state index is -0.676. The van der Waals surface area contributed by atoms with Crippen molar-refractivity contribution in [1.29, 1.82) is 5.26 Å². The molecule has 1 heterocycles. The summed E-state index contributed by atoms with van der Waals surface area (Å²) in [5.41, 5.74) is 0.597. The van der Waals surface area contributed by atoms with Crippen LogP contribution >= 0.6 is 0 Å². The van der Waals surface area contributed by atoms with Crippen molar-refractivity contribution in [2.45, 2.75) is 25.4 Å². The predicted octanol–water partition coefficient (Wildman–Crippen LogP) is 1.70. The highest BCUT2D eigenvalue weighted by Crippen LogP contribution is 2.14. The van der Waals surface area contributed by atoms with Crippen molar-refractivity contribution in [2.75, 3.05) is 11.5 Å². The van der Waals surface area contributed by atoms with Crippen LogP contribution in [0.25, 0.3) is 0 Å². The Morgan fingerprint density at radius 2 is 2.17 bits per heavy atom. The summed E-state index contributed by atoms with van der Waals surface area (Å²) >= 11 is 0. The van der Waals surface area contributed by atoms with Crippen molar-refractivity contribution in [3.63, 3.8) is 0 Å². The van der Waals surface area contributed by atoms with E-state index in [2.05, 4.69) is 5.32 Å². The Morgan fingerprint density at radius 1 is 1.44 bits per heavy atom. The number of rotatable bonds is 3. The van der Waals surface area contributed by atoms with E-state index >= 15 is 0 Å². The third-order valence-electron chi connectivity index (χ3n) is 3.17. The summed E-state index contributed by atoms with van der Waals surface area (Å²) in [6, 6.07) is 6.98. The lowest BCUT2D eigenvalue weighted by Crippen LogP contribution is -2.35. The molecule has 96 valence electrons. The number of benzene rings is 1. The first kappa shape index (κ1) is 13.2. The Kier molecular flexibility index (Phi) is 4.45. The summed E-state index contributed by atoms with van der Waals surface area (Å²) in [5, 5.41) is 12.0. The maximum Gasteiger partial charge on any atom is 0.145 e. The standard InChI is InChI=1S/C13H15FN2OS/c14-13-10(8-15)2-1-3-11(13)9-16-12-4-6-18(17)7-5-12/h1-3,12,16H,4-7,9H2. The van der Waals surface area contributed by atoms with Gasteiger partial charge in [-0.05, 0) is 18.9 Å². The molecule has 18 heavy (non-hydrogen) atoms. The van der Waals surface area contributed by atoms with Crippen LogP contribution < -0.4 is 5.32 Å². The zero-order valence-electron chi connectivity index (χ0n) is 9.99. The van der Waals surface area contributed by atoms with Crippen molar-refractivity contribution >= 4 is 10.8 Å². The summed E-state index contributed by atoms with van der Waals surface area (Å²) in [6.45, 7) is 0.415. The molecular weight excluding hydrogens is 251 g/mol. The summed E-state index contributed by atoms with van der Waals surface area (Å²) < 4.78 is 25.0. The quantitative estimate of drug-likeness (QED) is 0.906. The molecule has 1 aromatic rings. The number of hydrogen-bond acceptors (Lipinski definition) is 3. The molecule has 3 nitrogen and oxygen atoms in total. The molecule has 0 radical (unpaired) electrons. The predicted molar refractivity (Wildman–Crippen MR) is 68.9 cm³/mol. The van der Waals surface area contributed by atoms with Gasteiger partial charge in [-0.15, -0.1) is 0 Å². The van der Waals surface area contributed by atoms with E-state index in [4.69, 9.17) is 5.26 Å². The van der Waals surface area contributed by atoms with Crippen molar-refractivity contribution in [3.05, 3.63) is 35.1 Å². The third kappa shape index (κ3) is 3.15. The van der Waals surface area contributed by atoms with E-state index in [-0.39, 0.29) is 5.56 Å². The van der Waals surface area contributed by atoms with Crippen LogP contribution in [0.15, 0.2) is 18.2 Å². The molecule has 1 aliphatic rings. The van der Waals surface area contributed by atoms with Gasteiger partial charge >= 0.3 is 0 Å². The third-order valence-corrected chi connectivity index (χ3v) is 4.55. The van der Waals surface area contributed by atoms with E-state index in [1.165, 1.54) is 6.07 Å².